The largest absolute Gasteiger partial charge is 0.339 e. The Bertz CT molecular complexity index is 448. The van der Waals surface area contributed by atoms with Crippen molar-refractivity contribution in [3.8, 4) is 0 Å². The third kappa shape index (κ3) is 3.80. The molecule has 104 valence electrons. The van der Waals surface area contributed by atoms with Crippen LogP contribution in [0.2, 0.25) is 0 Å². The van der Waals surface area contributed by atoms with Gasteiger partial charge in [0.1, 0.15) is 0 Å². The summed E-state index contributed by atoms with van der Waals surface area (Å²) >= 11 is 6.83. The van der Waals surface area contributed by atoms with E-state index in [-0.39, 0.29) is 11.9 Å². The van der Waals surface area contributed by atoms with E-state index >= 15 is 0 Å². The molecule has 0 radical (unpaired) electrons. The van der Waals surface area contributed by atoms with Crippen LogP contribution in [0.4, 0.5) is 0 Å². The molecule has 3 nitrogen and oxygen atoms in total. The van der Waals surface area contributed by atoms with E-state index in [4.69, 9.17) is 5.73 Å². The van der Waals surface area contributed by atoms with Crippen molar-refractivity contribution in [1.82, 2.24) is 4.90 Å². The molecular formula is C14H18Br2N2O. The Kier molecular flexibility index (Phi) is 5.03. The number of halogens is 2. The van der Waals surface area contributed by atoms with Gasteiger partial charge in [-0.25, -0.2) is 0 Å². The molecule has 1 fully saturated rings. The molecule has 0 aromatic heterocycles. The average Bonchev–Trinajstić information content (AvgIpc) is 2.37. The van der Waals surface area contributed by atoms with E-state index in [2.05, 4.69) is 31.9 Å². The minimum atomic E-state index is 0.102. The summed E-state index contributed by atoms with van der Waals surface area (Å²) in [5, 5.41) is 0. The van der Waals surface area contributed by atoms with Gasteiger partial charge in [0.15, 0.2) is 0 Å². The smallest absolute Gasteiger partial charge is 0.253 e. The predicted molar refractivity (Wildman–Crippen MR) is 84.1 cm³/mol. The lowest BCUT2D eigenvalue weighted by Gasteiger charge is -2.33. The Morgan fingerprint density at radius 3 is 2.26 bits per heavy atom. The van der Waals surface area contributed by atoms with Gasteiger partial charge in [0.05, 0.1) is 0 Å². The highest BCUT2D eigenvalue weighted by Crippen LogP contribution is 2.24. The topological polar surface area (TPSA) is 46.3 Å². The van der Waals surface area contributed by atoms with E-state index < -0.39 is 0 Å². The zero-order chi connectivity index (χ0) is 14.0. The Labute approximate surface area is 130 Å². The van der Waals surface area contributed by atoms with Gasteiger partial charge in [0, 0.05) is 33.6 Å². The first kappa shape index (κ1) is 15.0. The van der Waals surface area contributed by atoms with E-state index in [0.29, 0.717) is 5.92 Å². The molecule has 1 heterocycles. The van der Waals surface area contributed by atoms with E-state index in [9.17, 15) is 4.79 Å². The summed E-state index contributed by atoms with van der Waals surface area (Å²) in [4.78, 5) is 14.4. The molecule has 1 aromatic rings. The molecule has 1 amide bonds. The van der Waals surface area contributed by atoms with E-state index in [1.54, 1.807) is 0 Å². The zero-order valence-electron chi connectivity index (χ0n) is 10.9. The van der Waals surface area contributed by atoms with E-state index in [1.807, 2.05) is 30.0 Å². The summed E-state index contributed by atoms with van der Waals surface area (Å²) in [6.45, 7) is 3.65. The molecule has 19 heavy (non-hydrogen) atoms. The second-order valence-corrected chi connectivity index (χ2v) is 6.98. The van der Waals surface area contributed by atoms with Crippen molar-refractivity contribution in [2.75, 3.05) is 13.1 Å². The van der Waals surface area contributed by atoms with Crippen LogP contribution in [-0.2, 0) is 0 Å². The van der Waals surface area contributed by atoms with Crippen LogP contribution >= 0.6 is 31.9 Å². The van der Waals surface area contributed by atoms with Crippen LogP contribution in [0.25, 0.3) is 0 Å². The van der Waals surface area contributed by atoms with Crippen molar-refractivity contribution >= 4 is 37.8 Å². The average molecular weight is 390 g/mol. The third-order valence-electron chi connectivity index (χ3n) is 3.68. The normalized spacial score (nSPS) is 18.4. The number of benzene rings is 1. The lowest BCUT2D eigenvalue weighted by atomic mass is 9.90. The maximum atomic E-state index is 12.4. The van der Waals surface area contributed by atoms with Crippen LogP contribution < -0.4 is 5.73 Å². The van der Waals surface area contributed by atoms with Crippen molar-refractivity contribution in [3.05, 3.63) is 32.7 Å². The van der Waals surface area contributed by atoms with E-state index in [1.165, 1.54) is 0 Å². The fraction of sp³-hybridized carbons (Fsp3) is 0.500. The standard InChI is InChI=1S/C14H18Br2N2O/c1-9(17)10-2-4-18(5-3-10)14(19)11-6-12(15)8-13(16)7-11/h6-10H,2-5,17H2,1H3. The molecule has 1 atom stereocenters. The van der Waals surface area contributed by atoms with Crippen LogP contribution in [0.1, 0.15) is 30.1 Å². The first-order chi connectivity index (χ1) is 8.97. The molecule has 2 rings (SSSR count). The lowest BCUT2D eigenvalue weighted by Crippen LogP contribution is -2.42. The second kappa shape index (κ2) is 6.37. The number of nitrogens with zero attached hydrogens (tertiary/aromatic N) is 1. The minimum Gasteiger partial charge on any atom is -0.339 e. The van der Waals surface area contributed by atoms with Gasteiger partial charge in [-0.2, -0.15) is 0 Å². The van der Waals surface area contributed by atoms with Gasteiger partial charge in [0.2, 0.25) is 0 Å². The minimum absolute atomic E-state index is 0.102. The molecule has 5 heteroatoms. The number of carbonyl (C=O) groups is 1. The highest BCUT2D eigenvalue weighted by atomic mass is 79.9. The van der Waals surface area contributed by atoms with Crippen molar-refractivity contribution < 1.29 is 4.79 Å². The quantitative estimate of drug-likeness (QED) is 0.842. The number of nitrogens with two attached hydrogens (primary N) is 1. The predicted octanol–water partition coefficient (Wildman–Crippen LogP) is 3.41. The van der Waals surface area contributed by atoms with Gasteiger partial charge in [-0.05, 0) is 43.9 Å². The summed E-state index contributed by atoms with van der Waals surface area (Å²) in [7, 11) is 0. The molecule has 0 saturated carbocycles. The summed E-state index contributed by atoms with van der Waals surface area (Å²) in [6, 6.07) is 5.88. The van der Waals surface area contributed by atoms with Gasteiger partial charge in [0.25, 0.3) is 5.91 Å². The molecular weight excluding hydrogens is 372 g/mol. The first-order valence-corrected chi connectivity index (χ1v) is 8.07. The van der Waals surface area contributed by atoms with Gasteiger partial charge in [-0.3, -0.25) is 4.79 Å². The van der Waals surface area contributed by atoms with Gasteiger partial charge in [-0.15, -0.1) is 0 Å². The monoisotopic (exact) mass is 388 g/mol. The van der Waals surface area contributed by atoms with Crippen molar-refractivity contribution in [2.24, 2.45) is 11.7 Å². The van der Waals surface area contributed by atoms with Crippen molar-refractivity contribution in [2.45, 2.75) is 25.8 Å². The number of carbonyl (C=O) groups excluding carboxylic acids is 1. The van der Waals surface area contributed by atoms with Crippen LogP contribution in [0.5, 0.6) is 0 Å². The molecule has 1 unspecified atom stereocenters. The molecule has 1 aliphatic heterocycles. The van der Waals surface area contributed by atoms with E-state index in [0.717, 1.165) is 40.4 Å². The second-order valence-electron chi connectivity index (χ2n) is 5.15. The first-order valence-electron chi connectivity index (χ1n) is 6.48. The highest BCUT2D eigenvalue weighted by Gasteiger charge is 2.25. The lowest BCUT2D eigenvalue weighted by molar-refractivity contribution is 0.0681. The maximum Gasteiger partial charge on any atom is 0.253 e. The van der Waals surface area contributed by atoms with Crippen LogP contribution in [0, 0.1) is 5.92 Å². The molecule has 2 N–H and O–H groups in total. The SMILES string of the molecule is CC(N)C1CCN(C(=O)c2cc(Br)cc(Br)c2)CC1. The van der Waals surface area contributed by atoms with Crippen LogP contribution in [-0.4, -0.2) is 29.9 Å². The van der Waals surface area contributed by atoms with Crippen molar-refractivity contribution in [1.29, 1.82) is 0 Å². The summed E-state index contributed by atoms with van der Waals surface area (Å²) in [5.41, 5.74) is 6.65. The number of likely N-dealkylation sites (tertiary alicyclic amines) is 1. The Morgan fingerprint density at radius 2 is 1.79 bits per heavy atom. The summed E-state index contributed by atoms with van der Waals surface area (Å²) in [5.74, 6) is 0.642. The third-order valence-corrected chi connectivity index (χ3v) is 4.60. The Hall–Kier alpha value is -0.390. The number of hydrogen-bond donors (Lipinski definition) is 1. The number of piperidine rings is 1. The number of amides is 1. The molecule has 1 aliphatic rings. The molecule has 0 aliphatic carbocycles. The van der Waals surface area contributed by atoms with Crippen molar-refractivity contribution in [3.63, 3.8) is 0 Å². The molecule has 1 aromatic carbocycles. The van der Waals surface area contributed by atoms with Crippen LogP contribution in [0.3, 0.4) is 0 Å². The van der Waals surface area contributed by atoms with Gasteiger partial charge >= 0.3 is 0 Å². The molecule has 0 spiro atoms. The molecule has 0 bridgehead atoms. The van der Waals surface area contributed by atoms with Crippen LogP contribution in [0.15, 0.2) is 27.1 Å². The zero-order valence-corrected chi connectivity index (χ0v) is 14.1. The fourth-order valence-electron chi connectivity index (χ4n) is 2.49. The van der Waals surface area contributed by atoms with Gasteiger partial charge < -0.3 is 10.6 Å². The maximum absolute atomic E-state index is 12.4. The summed E-state index contributed by atoms with van der Waals surface area (Å²) in [6.07, 6.45) is 2.00. The molecule has 1 saturated heterocycles. The number of rotatable bonds is 2. The Balaban J connectivity index is 2.05. The fourth-order valence-corrected chi connectivity index (χ4v) is 3.78. The summed E-state index contributed by atoms with van der Waals surface area (Å²) < 4.78 is 1.83. The van der Waals surface area contributed by atoms with Gasteiger partial charge in [-0.1, -0.05) is 31.9 Å². The number of hydrogen-bond acceptors (Lipinski definition) is 2. The highest BCUT2D eigenvalue weighted by molar-refractivity contribution is 9.11. The Morgan fingerprint density at radius 1 is 1.26 bits per heavy atom.